The standard InChI is InChI=1S/C17H21NO2/c1-11(2)19-17-10-14(7-8-15(17)18)20-16-9-12(3)5-6-13(16)4/h5-11H,18H2,1-4H3. The molecule has 3 nitrogen and oxygen atoms in total. The number of nitrogen functional groups attached to an aromatic ring is 1. The van der Waals surface area contributed by atoms with E-state index < -0.39 is 0 Å². The third kappa shape index (κ3) is 3.44. The van der Waals surface area contributed by atoms with Crippen LogP contribution in [0.15, 0.2) is 36.4 Å². The van der Waals surface area contributed by atoms with E-state index in [0.29, 0.717) is 11.4 Å². The lowest BCUT2D eigenvalue weighted by Gasteiger charge is -2.14. The van der Waals surface area contributed by atoms with Gasteiger partial charge in [-0.3, -0.25) is 0 Å². The van der Waals surface area contributed by atoms with Gasteiger partial charge in [0.15, 0.2) is 0 Å². The molecule has 0 heterocycles. The number of hydrogen-bond acceptors (Lipinski definition) is 3. The van der Waals surface area contributed by atoms with Crippen LogP contribution in [-0.2, 0) is 0 Å². The Morgan fingerprint density at radius 1 is 0.950 bits per heavy atom. The van der Waals surface area contributed by atoms with Gasteiger partial charge in [-0.1, -0.05) is 12.1 Å². The first-order chi connectivity index (χ1) is 9.45. The van der Waals surface area contributed by atoms with E-state index in [9.17, 15) is 0 Å². The van der Waals surface area contributed by atoms with E-state index >= 15 is 0 Å². The summed E-state index contributed by atoms with van der Waals surface area (Å²) in [4.78, 5) is 0. The highest BCUT2D eigenvalue weighted by molar-refractivity contribution is 5.56. The fourth-order valence-corrected chi connectivity index (χ4v) is 1.88. The average Bonchev–Trinajstić information content (AvgIpc) is 2.37. The number of anilines is 1. The van der Waals surface area contributed by atoms with Crippen LogP contribution >= 0.6 is 0 Å². The van der Waals surface area contributed by atoms with Crippen LogP contribution in [-0.4, -0.2) is 6.10 Å². The molecule has 0 fully saturated rings. The molecule has 0 unspecified atom stereocenters. The van der Waals surface area contributed by atoms with E-state index in [4.69, 9.17) is 15.2 Å². The monoisotopic (exact) mass is 271 g/mol. The lowest BCUT2D eigenvalue weighted by atomic mass is 10.1. The Balaban J connectivity index is 2.27. The van der Waals surface area contributed by atoms with Gasteiger partial charge < -0.3 is 15.2 Å². The Labute approximate surface area is 120 Å². The minimum Gasteiger partial charge on any atom is -0.489 e. The molecule has 0 bridgehead atoms. The van der Waals surface area contributed by atoms with E-state index in [1.165, 1.54) is 5.56 Å². The van der Waals surface area contributed by atoms with Crippen LogP contribution in [0.2, 0.25) is 0 Å². The van der Waals surface area contributed by atoms with Crippen LogP contribution < -0.4 is 15.2 Å². The zero-order chi connectivity index (χ0) is 14.7. The van der Waals surface area contributed by atoms with Gasteiger partial charge in [-0.15, -0.1) is 0 Å². The Hall–Kier alpha value is -2.16. The molecule has 0 aromatic heterocycles. The largest absolute Gasteiger partial charge is 0.489 e. The Kier molecular flexibility index (Phi) is 4.18. The van der Waals surface area contributed by atoms with Crippen LogP contribution in [0.5, 0.6) is 17.2 Å². The molecule has 0 aliphatic carbocycles. The molecule has 106 valence electrons. The van der Waals surface area contributed by atoms with E-state index in [1.807, 2.05) is 52.0 Å². The molecular weight excluding hydrogens is 250 g/mol. The van der Waals surface area contributed by atoms with Crippen LogP contribution in [0.3, 0.4) is 0 Å². The summed E-state index contributed by atoms with van der Waals surface area (Å²) < 4.78 is 11.6. The molecule has 0 saturated heterocycles. The first-order valence-electron chi connectivity index (χ1n) is 6.77. The average molecular weight is 271 g/mol. The summed E-state index contributed by atoms with van der Waals surface area (Å²) in [5.74, 6) is 2.23. The van der Waals surface area contributed by atoms with Crippen LogP contribution in [0.25, 0.3) is 0 Å². The Bertz CT molecular complexity index is 606. The summed E-state index contributed by atoms with van der Waals surface area (Å²) in [6.45, 7) is 8.01. The van der Waals surface area contributed by atoms with Gasteiger partial charge in [0.25, 0.3) is 0 Å². The van der Waals surface area contributed by atoms with Gasteiger partial charge in [0.1, 0.15) is 17.2 Å². The zero-order valence-corrected chi connectivity index (χ0v) is 12.4. The molecule has 0 atom stereocenters. The second-order valence-corrected chi connectivity index (χ2v) is 5.24. The van der Waals surface area contributed by atoms with Crippen molar-refractivity contribution in [1.29, 1.82) is 0 Å². The normalized spacial score (nSPS) is 10.7. The Morgan fingerprint density at radius 2 is 1.70 bits per heavy atom. The maximum atomic E-state index is 5.93. The zero-order valence-electron chi connectivity index (χ0n) is 12.4. The lowest BCUT2D eigenvalue weighted by molar-refractivity contribution is 0.243. The highest BCUT2D eigenvalue weighted by atomic mass is 16.5. The van der Waals surface area contributed by atoms with Crippen LogP contribution in [0.1, 0.15) is 25.0 Å². The summed E-state index contributed by atoms with van der Waals surface area (Å²) in [7, 11) is 0. The number of aryl methyl sites for hydroxylation is 2. The van der Waals surface area contributed by atoms with Gasteiger partial charge in [0, 0.05) is 6.07 Å². The van der Waals surface area contributed by atoms with Crippen LogP contribution in [0.4, 0.5) is 5.69 Å². The SMILES string of the molecule is Cc1ccc(C)c(Oc2ccc(N)c(OC(C)C)c2)c1. The van der Waals surface area contributed by atoms with Gasteiger partial charge in [0.05, 0.1) is 11.8 Å². The van der Waals surface area contributed by atoms with Gasteiger partial charge in [0.2, 0.25) is 0 Å². The second-order valence-electron chi connectivity index (χ2n) is 5.24. The summed E-state index contributed by atoms with van der Waals surface area (Å²) in [5.41, 5.74) is 8.78. The lowest BCUT2D eigenvalue weighted by Crippen LogP contribution is -2.07. The van der Waals surface area contributed by atoms with Crippen molar-refractivity contribution in [2.24, 2.45) is 0 Å². The molecule has 3 heteroatoms. The Morgan fingerprint density at radius 3 is 2.40 bits per heavy atom. The first-order valence-corrected chi connectivity index (χ1v) is 6.77. The molecule has 2 aromatic rings. The fourth-order valence-electron chi connectivity index (χ4n) is 1.88. The third-order valence-corrected chi connectivity index (χ3v) is 2.92. The molecule has 2 rings (SSSR count). The second kappa shape index (κ2) is 5.87. The van der Waals surface area contributed by atoms with Crippen molar-refractivity contribution in [2.45, 2.75) is 33.8 Å². The summed E-state index contributed by atoms with van der Waals surface area (Å²) >= 11 is 0. The molecule has 0 spiro atoms. The summed E-state index contributed by atoms with van der Waals surface area (Å²) in [5, 5.41) is 0. The quantitative estimate of drug-likeness (QED) is 0.835. The molecular formula is C17H21NO2. The van der Waals surface area contributed by atoms with Crippen molar-refractivity contribution < 1.29 is 9.47 Å². The topological polar surface area (TPSA) is 44.5 Å². The molecule has 0 amide bonds. The molecule has 0 aliphatic heterocycles. The third-order valence-electron chi connectivity index (χ3n) is 2.92. The van der Waals surface area contributed by atoms with Crippen molar-refractivity contribution in [2.75, 3.05) is 5.73 Å². The predicted molar refractivity (Wildman–Crippen MR) is 82.6 cm³/mol. The fraction of sp³-hybridized carbons (Fsp3) is 0.294. The molecule has 2 aromatic carbocycles. The van der Waals surface area contributed by atoms with E-state index in [1.54, 1.807) is 6.07 Å². The maximum Gasteiger partial charge on any atom is 0.146 e. The van der Waals surface area contributed by atoms with Crippen molar-refractivity contribution in [3.63, 3.8) is 0 Å². The number of benzene rings is 2. The summed E-state index contributed by atoms with van der Waals surface area (Å²) in [6.07, 6.45) is 0.0771. The van der Waals surface area contributed by atoms with Crippen LogP contribution in [0, 0.1) is 13.8 Å². The van der Waals surface area contributed by atoms with Crippen molar-refractivity contribution in [3.8, 4) is 17.2 Å². The minimum absolute atomic E-state index is 0.0771. The molecule has 20 heavy (non-hydrogen) atoms. The highest BCUT2D eigenvalue weighted by Crippen LogP contribution is 2.32. The number of hydrogen-bond donors (Lipinski definition) is 1. The smallest absolute Gasteiger partial charge is 0.146 e. The molecule has 0 saturated carbocycles. The van der Waals surface area contributed by atoms with Gasteiger partial charge in [-0.25, -0.2) is 0 Å². The number of ether oxygens (including phenoxy) is 2. The first kappa shape index (κ1) is 14.3. The highest BCUT2D eigenvalue weighted by Gasteiger charge is 2.07. The summed E-state index contributed by atoms with van der Waals surface area (Å²) in [6, 6.07) is 11.6. The van der Waals surface area contributed by atoms with Crippen molar-refractivity contribution in [3.05, 3.63) is 47.5 Å². The number of rotatable bonds is 4. The van der Waals surface area contributed by atoms with Crippen molar-refractivity contribution in [1.82, 2.24) is 0 Å². The van der Waals surface area contributed by atoms with Gasteiger partial charge in [-0.05, 0) is 57.0 Å². The molecule has 0 aliphatic rings. The van der Waals surface area contributed by atoms with E-state index in [2.05, 4.69) is 6.07 Å². The van der Waals surface area contributed by atoms with Gasteiger partial charge >= 0.3 is 0 Å². The van der Waals surface area contributed by atoms with E-state index in [-0.39, 0.29) is 6.10 Å². The number of nitrogens with two attached hydrogens (primary N) is 1. The molecule has 2 N–H and O–H groups in total. The van der Waals surface area contributed by atoms with Crippen molar-refractivity contribution >= 4 is 5.69 Å². The molecule has 0 radical (unpaired) electrons. The van der Waals surface area contributed by atoms with E-state index in [0.717, 1.165) is 17.1 Å². The van der Waals surface area contributed by atoms with Gasteiger partial charge in [-0.2, -0.15) is 0 Å². The minimum atomic E-state index is 0.0771. The predicted octanol–water partition coefficient (Wildman–Crippen LogP) is 4.47. The maximum absolute atomic E-state index is 5.93.